The van der Waals surface area contributed by atoms with Crippen LogP contribution in [0.15, 0.2) is 63.5 Å². The molecule has 3 aromatic rings. The first-order valence-electron chi connectivity index (χ1n) is 10.7. The molecule has 0 saturated heterocycles. The molecule has 0 saturated carbocycles. The van der Waals surface area contributed by atoms with Gasteiger partial charge in [0.15, 0.2) is 16.3 Å². The highest BCUT2D eigenvalue weighted by molar-refractivity contribution is 7.07. The third kappa shape index (κ3) is 3.79. The molecule has 178 valence electrons. The van der Waals surface area contributed by atoms with E-state index in [0.717, 1.165) is 16.9 Å². The van der Waals surface area contributed by atoms with Crippen molar-refractivity contribution >= 4 is 29.1 Å². The molecule has 1 aromatic heterocycles. The molecular formula is C24H19N3O7S. The largest absolute Gasteiger partial charge is 0.466 e. The number of esters is 1. The highest BCUT2D eigenvalue weighted by Crippen LogP contribution is 2.38. The molecule has 0 amide bonds. The number of fused-ring (bicyclic) bond motifs is 2. The van der Waals surface area contributed by atoms with Gasteiger partial charge in [0.05, 0.1) is 45.5 Å². The van der Waals surface area contributed by atoms with E-state index in [2.05, 4.69) is 4.99 Å². The molecule has 0 radical (unpaired) electrons. The first-order chi connectivity index (χ1) is 16.9. The van der Waals surface area contributed by atoms with Gasteiger partial charge in [-0.25, -0.2) is 9.79 Å². The lowest BCUT2D eigenvalue weighted by Gasteiger charge is -2.25. The molecule has 3 heterocycles. The van der Waals surface area contributed by atoms with E-state index in [9.17, 15) is 19.7 Å². The summed E-state index contributed by atoms with van der Waals surface area (Å²) in [6.45, 7) is 1.83. The maximum Gasteiger partial charge on any atom is 0.338 e. The molecule has 0 bridgehead atoms. The van der Waals surface area contributed by atoms with Crippen molar-refractivity contribution in [3.05, 3.63) is 94.7 Å². The number of ether oxygens (including phenoxy) is 3. The van der Waals surface area contributed by atoms with Gasteiger partial charge in [0.1, 0.15) is 0 Å². The predicted molar refractivity (Wildman–Crippen MR) is 126 cm³/mol. The number of thiazole rings is 1. The fourth-order valence-electron chi connectivity index (χ4n) is 4.18. The van der Waals surface area contributed by atoms with Crippen LogP contribution in [0.3, 0.4) is 0 Å². The van der Waals surface area contributed by atoms with Gasteiger partial charge in [0.2, 0.25) is 6.79 Å². The van der Waals surface area contributed by atoms with Crippen LogP contribution in [-0.2, 0) is 9.53 Å². The summed E-state index contributed by atoms with van der Waals surface area (Å²) in [5.41, 5.74) is 1.08. The Balaban J connectivity index is 1.77. The Bertz CT molecular complexity index is 1570. The van der Waals surface area contributed by atoms with E-state index in [4.69, 9.17) is 14.2 Å². The maximum absolute atomic E-state index is 13.6. The average Bonchev–Trinajstić information content (AvgIpc) is 3.45. The van der Waals surface area contributed by atoms with E-state index in [1.807, 2.05) is 37.3 Å². The Labute approximate surface area is 202 Å². The van der Waals surface area contributed by atoms with Crippen LogP contribution in [0.25, 0.3) is 6.08 Å². The molecule has 0 N–H and O–H groups in total. The van der Waals surface area contributed by atoms with Crippen LogP contribution in [0.2, 0.25) is 0 Å². The van der Waals surface area contributed by atoms with E-state index < -0.39 is 22.5 Å². The molecule has 2 aliphatic rings. The van der Waals surface area contributed by atoms with Crippen molar-refractivity contribution < 1.29 is 23.9 Å². The van der Waals surface area contributed by atoms with Gasteiger partial charge in [-0.05, 0) is 24.1 Å². The van der Waals surface area contributed by atoms with E-state index in [0.29, 0.717) is 22.7 Å². The number of allylic oxidation sites excluding steroid dienone is 1. The molecule has 0 fully saturated rings. The van der Waals surface area contributed by atoms with Crippen molar-refractivity contribution in [2.24, 2.45) is 4.99 Å². The molecule has 2 aliphatic heterocycles. The number of nitro benzene ring substituents is 1. The highest BCUT2D eigenvalue weighted by Gasteiger charge is 2.34. The van der Waals surface area contributed by atoms with Crippen LogP contribution < -0.4 is 24.4 Å². The molecule has 0 aliphatic carbocycles. The van der Waals surface area contributed by atoms with Gasteiger partial charge in [0.25, 0.3) is 11.2 Å². The second kappa shape index (κ2) is 8.84. The van der Waals surface area contributed by atoms with Gasteiger partial charge < -0.3 is 14.2 Å². The van der Waals surface area contributed by atoms with Gasteiger partial charge >= 0.3 is 5.97 Å². The third-order valence-electron chi connectivity index (χ3n) is 5.77. The average molecular weight is 493 g/mol. The maximum atomic E-state index is 13.6. The minimum absolute atomic E-state index is 0.0364. The number of benzene rings is 2. The number of aromatic nitrogens is 1. The first kappa shape index (κ1) is 22.5. The molecule has 2 aromatic carbocycles. The molecule has 11 heteroatoms. The Morgan fingerprint density at radius 3 is 2.66 bits per heavy atom. The lowest BCUT2D eigenvalue weighted by atomic mass is 9.95. The van der Waals surface area contributed by atoms with E-state index >= 15 is 0 Å². The van der Waals surface area contributed by atoms with Crippen molar-refractivity contribution in [3.8, 4) is 11.5 Å². The van der Waals surface area contributed by atoms with Crippen LogP contribution in [0, 0.1) is 10.1 Å². The number of nitrogens with zero attached hydrogens (tertiary/aromatic N) is 3. The fraction of sp³-hybridized carbons (Fsp3) is 0.208. The smallest absolute Gasteiger partial charge is 0.338 e. The highest BCUT2D eigenvalue weighted by atomic mass is 32.1. The number of hydrogen-bond acceptors (Lipinski definition) is 9. The molecule has 0 spiro atoms. The summed E-state index contributed by atoms with van der Waals surface area (Å²) in [6, 6.07) is 11.1. The first-order valence-corrected chi connectivity index (χ1v) is 11.5. The molecule has 0 unspecified atom stereocenters. The monoisotopic (exact) mass is 493 g/mol. The van der Waals surface area contributed by atoms with Crippen LogP contribution in [0.1, 0.15) is 30.5 Å². The number of carbonyl (C=O) groups excluding carboxylic acids is 1. The van der Waals surface area contributed by atoms with Crippen LogP contribution >= 0.6 is 11.3 Å². The van der Waals surface area contributed by atoms with Crippen LogP contribution in [0.4, 0.5) is 5.69 Å². The summed E-state index contributed by atoms with van der Waals surface area (Å²) in [5, 5.41) is 11.7. The summed E-state index contributed by atoms with van der Waals surface area (Å²) in [6.07, 6.45) is 1.89. The van der Waals surface area contributed by atoms with Gasteiger partial charge in [-0.15, -0.1) is 0 Å². The number of methoxy groups -OCH3 is 1. The fourth-order valence-corrected chi connectivity index (χ4v) is 5.19. The van der Waals surface area contributed by atoms with Gasteiger partial charge in [-0.3, -0.25) is 19.5 Å². The molecular weight excluding hydrogens is 474 g/mol. The third-order valence-corrected chi connectivity index (χ3v) is 6.75. The Hall–Kier alpha value is -4.25. The molecule has 5 rings (SSSR count). The molecule has 10 nitrogen and oxygen atoms in total. The van der Waals surface area contributed by atoms with Gasteiger partial charge in [-0.2, -0.15) is 0 Å². The lowest BCUT2D eigenvalue weighted by Crippen LogP contribution is -2.40. The number of hydrogen-bond donors (Lipinski definition) is 0. The minimum atomic E-state index is -0.747. The summed E-state index contributed by atoms with van der Waals surface area (Å²) in [5.74, 6) is 0.0628. The number of nitro groups is 1. The summed E-state index contributed by atoms with van der Waals surface area (Å²) >= 11 is 1.10. The standard InChI is InChI=1S/C24H19N3O7S/c1-3-15-20(23(29)32-2)21(13-7-5-4-6-8-13)26-22(28)19(35-24(26)25-15)10-14-9-17-18(34-12-33-17)11-16(14)27(30)31/h4-11,21H,3,12H2,1-2H3/b19-10+/t21-/m1/s1. The second-order valence-electron chi connectivity index (χ2n) is 7.72. The Morgan fingerprint density at radius 2 is 2.00 bits per heavy atom. The van der Waals surface area contributed by atoms with E-state index in [1.165, 1.54) is 29.9 Å². The van der Waals surface area contributed by atoms with Crippen molar-refractivity contribution in [1.82, 2.24) is 4.57 Å². The Morgan fingerprint density at radius 1 is 1.29 bits per heavy atom. The van der Waals surface area contributed by atoms with Crippen molar-refractivity contribution in [2.75, 3.05) is 13.9 Å². The zero-order chi connectivity index (χ0) is 24.7. The molecule has 35 heavy (non-hydrogen) atoms. The van der Waals surface area contributed by atoms with Crippen molar-refractivity contribution in [1.29, 1.82) is 0 Å². The summed E-state index contributed by atoms with van der Waals surface area (Å²) < 4.78 is 17.3. The lowest BCUT2D eigenvalue weighted by molar-refractivity contribution is -0.385. The van der Waals surface area contributed by atoms with Crippen molar-refractivity contribution in [2.45, 2.75) is 19.4 Å². The second-order valence-corrected chi connectivity index (χ2v) is 8.73. The summed E-state index contributed by atoms with van der Waals surface area (Å²) in [7, 11) is 1.29. The van der Waals surface area contributed by atoms with Crippen molar-refractivity contribution in [3.63, 3.8) is 0 Å². The summed E-state index contributed by atoms with van der Waals surface area (Å²) in [4.78, 5) is 42.6. The number of carbonyl (C=O) groups is 1. The minimum Gasteiger partial charge on any atom is -0.466 e. The zero-order valence-corrected chi connectivity index (χ0v) is 19.5. The normalized spacial score (nSPS) is 16.6. The van der Waals surface area contributed by atoms with Gasteiger partial charge in [-0.1, -0.05) is 48.6 Å². The zero-order valence-electron chi connectivity index (χ0n) is 18.7. The van der Waals surface area contributed by atoms with Crippen LogP contribution in [0.5, 0.6) is 11.5 Å². The topological polar surface area (TPSA) is 122 Å². The Kier molecular flexibility index (Phi) is 5.69. The SMILES string of the molecule is CCC1=C(C(=O)OC)[C@@H](c2ccccc2)n2c(s/c(=C/c3cc4c(cc3[N+](=O)[O-])OCO4)c2=O)=N1. The van der Waals surface area contributed by atoms with Crippen LogP contribution in [-0.4, -0.2) is 29.4 Å². The van der Waals surface area contributed by atoms with E-state index in [1.54, 1.807) is 0 Å². The number of rotatable bonds is 5. The predicted octanol–water partition coefficient (Wildman–Crippen LogP) is 2.44. The van der Waals surface area contributed by atoms with E-state index in [-0.39, 0.29) is 33.9 Å². The van der Waals surface area contributed by atoms with Gasteiger partial charge in [0, 0.05) is 0 Å². The quantitative estimate of drug-likeness (QED) is 0.304. The molecule has 1 atom stereocenters.